The zero-order valence-electron chi connectivity index (χ0n) is 18.9. The zero-order chi connectivity index (χ0) is 24.2. The lowest BCUT2D eigenvalue weighted by atomic mass is 9.87. The molecule has 0 aliphatic carbocycles. The van der Waals surface area contributed by atoms with Crippen LogP contribution in [0, 0.1) is 5.82 Å². The van der Waals surface area contributed by atoms with Crippen molar-refractivity contribution in [1.82, 2.24) is 15.1 Å². The van der Waals surface area contributed by atoms with Crippen LogP contribution < -0.4 is 10.6 Å². The summed E-state index contributed by atoms with van der Waals surface area (Å²) in [6.07, 6.45) is 0.966. The van der Waals surface area contributed by atoms with Crippen molar-refractivity contribution in [2.45, 2.75) is 32.2 Å². The van der Waals surface area contributed by atoms with Gasteiger partial charge in [-0.2, -0.15) is 0 Å². The molecule has 9 heteroatoms. The Bertz CT molecular complexity index is 1070. The summed E-state index contributed by atoms with van der Waals surface area (Å²) in [6.45, 7) is 2.94. The number of hydrogen-bond acceptors (Lipinski definition) is 4. The van der Waals surface area contributed by atoms with Gasteiger partial charge in [-0.05, 0) is 42.2 Å². The van der Waals surface area contributed by atoms with Gasteiger partial charge in [-0.25, -0.2) is 9.18 Å². The maximum Gasteiger partial charge on any atom is 0.325 e. The summed E-state index contributed by atoms with van der Waals surface area (Å²) in [7, 11) is 1.43. The summed E-state index contributed by atoms with van der Waals surface area (Å²) < 4.78 is 13.3. The number of nitrogens with one attached hydrogen (secondary N) is 2. The highest BCUT2D eigenvalue weighted by Gasteiger charge is 2.51. The number of carbonyl (C=O) groups excluding carboxylic acids is 4. The van der Waals surface area contributed by atoms with E-state index >= 15 is 0 Å². The fourth-order valence-corrected chi connectivity index (χ4v) is 3.84. The molecule has 1 heterocycles. The van der Waals surface area contributed by atoms with E-state index in [1.165, 1.54) is 31.3 Å². The minimum absolute atomic E-state index is 0.225. The van der Waals surface area contributed by atoms with Gasteiger partial charge in [-0.15, -0.1) is 0 Å². The minimum Gasteiger partial charge on any atom is -0.335 e. The molecule has 0 unspecified atom stereocenters. The van der Waals surface area contributed by atoms with Crippen LogP contribution in [0.2, 0.25) is 0 Å². The van der Waals surface area contributed by atoms with Crippen molar-refractivity contribution >= 4 is 29.4 Å². The number of nitrogens with zero attached hydrogens (tertiary/aromatic N) is 2. The Balaban J connectivity index is 1.66. The van der Waals surface area contributed by atoms with Crippen molar-refractivity contribution in [3.05, 3.63) is 65.5 Å². The van der Waals surface area contributed by atoms with E-state index in [0.717, 1.165) is 21.8 Å². The highest BCUT2D eigenvalue weighted by Crippen LogP contribution is 2.32. The number of imide groups is 1. The minimum atomic E-state index is -1.37. The summed E-state index contributed by atoms with van der Waals surface area (Å²) >= 11 is 0. The molecule has 8 nitrogen and oxygen atoms in total. The van der Waals surface area contributed by atoms with Crippen molar-refractivity contribution in [3.63, 3.8) is 0 Å². The summed E-state index contributed by atoms with van der Waals surface area (Å²) in [5.74, 6) is -2.01. The molecule has 33 heavy (non-hydrogen) atoms. The van der Waals surface area contributed by atoms with Crippen molar-refractivity contribution in [2.75, 3.05) is 25.5 Å². The van der Waals surface area contributed by atoms with Gasteiger partial charge in [0.1, 0.15) is 17.9 Å². The highest BCUT2D eigenvalue weighted by atomic mass is 19.1. The van der Waals surface area contributed by atoms with Crippen molar-refractivity contribution in [3.8, 4) is 0 Å². The van der Waals surface area contributed by atoms with Gasteiger partial charge in [0.2, 0.25) is 11.8 Å². The predicted octanol–water partition coefficient (Wildman–Crippen LogP) is 2.64. The number of halogens is 1. The van der Waals surface area contributed by atoms with Crippen LogP contribution in [0.1, 0.15) is 31.4 Å². The number of likely N-dealkylation sites (N-methyl/N-ethyl adjacent to an activating group) is 1. The number of anilines is 1. The van der Waals surface area contributed by atoms with Crippen LogP contribution in [0.4, 0.5) is 14.9 Å². The third-order valence-electron chi connectivity index (χ3n) is 5.82. The molecule has 0 radical (unpaired) electrons. The van der Waals surface area contributed by atoms with E-state index in [9.17, 15) is 23.6 Å². The number of urea groups is 1. The SMILES string of the molecule is CCc1ccccc1NC(=O)CN(C)C(=O)CN1C(=O)N[C@](CC)(c2ccc(F)cc2)C1=O. The lowest BCUT2D eigenvalue weighted by molar-refractivity contribution is -0.139. The normalized spacial score (nSPS) is 17.6. The summed E-state index contributed by atoms with van der Waals surface area (Å²) in [5.41, 5.74) is 0.704. The van der Waals surface area contributed by atoms with Gasteiger partial charge in [-0.1, -0.05) is 44.2 Å². The molecule has 1 saturated heterocycles. The molecule has 2 N–H and O–H groups in total. The van der Waals surface area contributed by atoms with Crippen molar-refractivity contribution in [1.29, 1.82) is 0 Å². The first-order valence-corrected chi connectivity index (χ1v) is 10.7. The molecule has 2 aromatic rings. The van der Waals surface area contributed by atoms with Gasteiger partial charge in [0.15, 0.2) is 0 Å². The fraction of sp³-hybridized carbons (Fsp3) is 0.333. The smallest absolute Gasteiger partial charge is 0.325 e. The van der Waals surface area contributed by atoms with Crippen LogP contribution >= 0.6 is 0 Å². The van der Waals surface area contributed by atoms with Gasteiger partial charge < -0.3 is 15.5 Å². The molecule has 174 valence electrons. The highest BCUT2D eigenvalue weighted by molar-refractivity contribution is 6.09. The summed E-state index contributed by atoms with van der Waals surface area (Å²) in [6, 6.07) is 12.0. The van der Waals surface area contributed by atoms with Crippen molar-refractivity contribution in [2.24, 2.45) is 0 Å². The molecular formula is C24H27FN4O4. The largest absolute Gasteiger partial charge is 0.335 e. The summed E-state index contributed by atoms with van der Waals surface area (Å²) in [5, 5.41) is 5.43. The number of para-hydroxylation sites is 1. The number of benzene rings is 2. The monoisotopic (exact) mass is 454 g/mol. The first-order valence-electron chi connectivity index (χ1n) is 10.7. The number of hydrogen-bond donors (Lipinski definition) is 2. The Morgan fingerprint density at radius 3 is 2.39 bits per heavy atom. The molecule has 1 fully saturated rings. The van der Waals surface area contributed by atoms with Crippen LogP contribution in [0.25, 0.3) is 0 Å². The molecule has 1 atom stereocenters. The predicted molar refractivity (Wildman–Crippen MR) is 121 cm³/mol. The Morgan fingerprint density at radius 1 is 1.09 bits per heavy atom. The van der Waals surface area contributed by atoms with Crippen LogP contribution in [-0.2, 0) is 26.3 Å². The van der Waals surface area contributed by atoms with E-state index in [1.54, 1.807) is 13.0 Å². The average molecular weight is 455 g/mol. The maximum absolute atomic E-state index is 13.3. The zero-order valence-corrected chi connectivity index (χ0v) is 18.9. The lowest BCUT2D eigenvalue weighted by Crippen LogP contribution is -2.46. The van der Waals surface area contributed by atoms with Crippen LogP contribution in [0.5, 0.6) is 0 Å². The summed E-state index contributed by atoms with van der Waals surface area (Å²) in [4.78, 5) is 52.8. The molecule has 1 aliphatic heterocycles. The second-order valence-electron chi connectivity index (χ2n) is 7.90. The maximum atomic E-state index is 13.3. The van der Waals surface area contributed by atoms with Crippen molar-refractivity contribution < 1.29 is 23.6 Å². The fourth-order valence-electron chi connectivity index (χ4n) is 3.84. The second kappa shape index (κ2) is 9.81. The van der Waals surface area contributed by atoms with Crippen LogP contribution in [-0.4, -0.2) is 53.7 Å². The number of amides is 5. The Hall–Kier alpha value is -3.75. The number of carbonyl (C=O) groups is 4. The molecule has 3 rings (SSSR count). The average Bonchev–Trinajstić information content (AvgIpc) is 3.04. The quantitative estimate of drug-likeness (QED) is 0.599. The van der Waals surface area contributed by atoms with E-state index in [1.807, 2.05) is 25.1 Å². The second-order valence-corrected chi connectivity index (χ2v) is 7.90. The van der Waals surface area contributed by atoms with E-state index < -0.39 is 41.7 Å². The van der Waals surface area contributed by atoms with Crippen LogP contribution in [0.3, 0.4) is 0 Å². The first-order chi connectivity index (χ1) is 15.7. The molecular weight excluding hydrogens is 427 g/mol. The van der Waals surface area contributed by atoms with E-state index in [0.29, 0.717) is 11.3 Å². The lowest BCUT2D eigenvalue weighted by Gasteiger charge is -2.26. The first kappa shape index (κ1) is 23.9. The third kappa shape index (κ3) is 4.87. The molecule has 5 amide bonds. The standard InChI is InChI=1S/C24H27FN4O4/c1-4-16-8-6-7-9-19(16)26-20(30)14-28(3)21(31)15-29-22(32)24(5-2,27-23(29)33)17-10-12-18(25)13-11-17/h6-13H,4-5,14-15H2,1-3H3,(H,26,30)(H,27,33)/t24-/m1/s1. The van der Waals surface area contributed by atoms with E-state index in [4.69, 9.17) is 0 Å². The molecule has 2 aromatic carbocycles. The molecule has 0 saturated carbocycles. The molecule has 0 bridgehead atoms. The third-order valence-corrected chi connectivity index (χ3v) is 5.82. The van der Waals surface area contributed by atoms with Gasteiger partial charge >= 0.3 is 6.03 Å². The van der Waals surface area contributed by atoms with E-state index in [-0.39, 0.29) is 13.0 Å². The topological polar surface area (TPSA) is 98.8 Å². The Morgan fingerprint density at radius 2 is 1.76 bits per heavy atom. The molecule has 0 aromatic heterocycles. The van der Waals surface area contributed by atoms with Crippen LogP contribution in [0.15, 0.2) is 48.5 Å². The number of rotatable bonds is 8. The Kier molecular flexibility index (Phi) is 7.10. The number of aryl methyl sites for hydroxylation is 1. The molecule has 1 aliphatic rings. The van der Waals surface area contributed by atoms with Gasteiger partial charge in [0.05, 0.1) is 6.54 Å². The van der Waals surface area contributed by atoms with Gasteiger partial charge in [-0.3, -0.25) is 19.3 Å². The Labute approximate surface area is 191 Å². The van der Waals surface area contributed by atoms with Gasteiger partial charge in [0, 0.05) is 12.7 Å². The molecule has 0 spiro atoms. The van der Waals surface area contributed by atoms with Gasteiger partial charge in [0.25, 0.3) is 5.91 Å². The van der Waals surface area contributed by atoms with E-state index in [2.05, 4.69) is 10.6 Å².